The van der Waals surface area contributed by atoms with Crippen molar-refractivity contribution in [2.24, 2.45) is 5.41 Å². The fourth-order valence-corrected chi connectivity index (χ4v) is 2.17. The summed E-state index contributed by atoms with van der Waals surface area (Å²) >= 11 is 0. The minimum absolute atomic E-state index is 0.0319. The topological polar surface area (TPSA) is 86.7 Å². The van der Waals surface area contributed by atoms with Crippen LogP contribution in [0.1, 0.15) is 53.4 Å². The van der Waals surface area contributed by atoms with E-state index in [1.807, 2.05) is 0 Å². The van der Waals surface area contributed by atoms with Crippen LogP contribution in [0.4, 0.5) is 0 Å². The first-order valence-corrected chi connectivity index (χ1v) is 7.13. The number of rotatable bonds is 10. The van der Waals surface area contributed by atoms with Crippen molar-refractivity contribution >= 4 is 23.5 Å². The molecular formula is C15H24O6. The number of carbonyl (C=O) groups excluding carboxylic acids is 4. The molecule has 0 amide bonds. The van der Waals surface area contributed by atoms with Gasteiger partial charge >= 0.3 is 11.9 Å². The molecule has 0 heterocycles. The van der Waals surface area contributed by atoms with E-state index in [2.05, 4.69) is 0 Å². The molecule has 0 rings (SSSR count). The molecule has 0 aliphatic carbocycles. The Morgan fingerprint density at radius 1 is 0.762 bits per heavy atom. The van der Waals surface area contributed by atoms with Crippen LogP contribution in [0.5, 0.6) is 0 Å². The summed E-state index contributed by atoms with van der Waals surface area (Å²) in [5, 5.41) is 0. The Kier molecular flexibility index (Phi) is 8.50. The number of ketones is 2. The minimum atomic E-state index is -1.32. The molecule has 0 bridgehead atoms. The van der Waals surface area contributed by atoms with Gasteiger partial charge in [-0.05, 0) is 40.5 Å². The van der Waals surface area contributed by atoms with E-state index >= 15 is 0 Å². The molecule has 0 fully saturated rings. The van der Waals surface area contributed by atoms with Crippen LogP contribution in [0.15, 0.2) is 0 Å². The van der Waals surface area contributed by atoms with Crippen LogP contribution in [0.3, 0.4) is 0 Å². The summed E-state index contributed by atoms with van der Waals surface area (Å²) in [6, 6.07) is 0. The van der Waals surface area contributed by atoms with Crippen LogP contribution in [0, 0.1) is 5.41 Å². The van der Waals surface area contributed by atoms with E-state index < -0.39 is 17.4 Å². The van der Waals surface area contributed by atoms with Gasteiger partial charge in [0.05, 0.1) is 18.6 Å². The molecule has 6 nitrogen and oxygen atoms in total. The lowest BCUT2D eigenvalue weighted by Gasteiger charge is -2.28. The lowest BCUT2D eigenvalue weighted by atomic mass is 9.73. The van der Waals surface area contributed by atoms with E-state index in [1.54, 1.807) is 13.8 Å². The zero-order valence-electron chi connectivity index (χ0n) is 13.2. The summed E-state index contributed by atoms with van der Waals surface area (Å²) in [7, 11) is 0. The molecule has 0 saturated heterocycles. The molecule has 0 atom stereocenters. The predicted octanol–water partition coefficient (Wildman–Crippen LogP) is 1.84. The Balaban J connectivity index is 4.92. The van der Waals surface area contributed by atoms with Crippen molar-refractivity contribution in [2.75, 3.05) is 13.2 Å². The fraction of sp³-hybridized carbons (Fsp3) is 0.733. The molecule has 0 aliphatic rings. The molecule has 0 unspecified atom stereocenters. The quantitative estimate of drug-likeness (QED) is 0.452. The molecular weight excluding hydrogens is 276 g/mol. The zero-order valence-corrected chi connectivity index (χ0v) is 13.2. The molecule has 0 N–H and O–H groups in total. The van der Waals surface area contributed by atoms with Gasteiger partial charge in [0.15, 0.2) is 0 Å². The first kappa shape index (κ1) is 19.3. The third-order valence-corrected chi connectivity index (χ3v) is 3.47. The highest BCUT2D eigenvalue weighted by Crippen LogP contribution is 2.32. The van der Waals surface area contributed by atoms with E-state index in [-0.39, 0.29) is 50.5 Å². The van der Waals surface area contributed by atoms with Crippen LogP contribution >= 0.6 is 0 Å². The van der Waals surface area contributed by atoms with E-state index in [0.717, 1.165) is 0 Å². The largest absolute Gasteiger partial charge is 0.466 e. The second kappa shape index (κ2) is 9.26. The van der Waals surface area contributed by atoms with Gasteiger partial charge in [-0.3, -0.25) is 19.2 Å². The summed E-state index contributed by atoms with van der Waals surface area (Å²) in [5.41, 5.74) is -1.32. The van der Waals surface area contributed by atoms with Gasteiger partial charge < -0.3 is 9.47 Å². The Hall–Kier alpha value is -1.72. The molecule has 21 heavy (non-hydrogen) atoms. The normalized spacial score (nSPS) is 10.9. The Labute approximate surface area is 125 Å². The Morgan fingerprint density at radius 3 is 1.33 bits per heavy atom. The zero-order chi connectivity index (χ0) is 16.5. The summed E-state index contributed by atoms with van der Waals surface area (Å²) in [6.07, 6.45) is 0.0391. The minimum Gasteiger partial charge on any atom is -0.466 e. The van der Waals surface area contributed by atoms with Gasteiger partial charge in [-0.25, -0.2) is 0 Å². The standard InChI is InChI=1S/C15H24O6/c1-5-20-13(18)7-9-15(11(3)16,12(4)17)10-8-14(19)21-6-2/h5-10H2,1-4H3. The predicted molar refractivity (Wildman–Crippen MR) is 75.5 cm³/mol. The van der Waals surface area contributed by atoms with Gasteiger partial charge in [-0.1, -0.05) is 0 Å². The van der Waals surface area contributed by atoms with Crippen LogP contribution in [0.25, 0.3) is 0 Å². The third kappa shape index (κ3) is 6.06. The molecule has 0 aliphatic heterocycles. The van der Waals surface area contributed by atoms with Crippen molar-refractivity contribution in [1.29, 1.82) is 0 Å². The van der Waals surface area contributed by atoms with Gasteiger partial charge in [0, 0.05) is 12.8 Å². The average Bonchev–Trinajstić information content (AvgIpc) is 2.38. The lowest BCUT2D eigenvalue weighted by Crippen LogP contribution is -2.38. The third-order valence-electron chi connectivity index (χ3n) is 3.47. The van der Waals surface area contributed by atoms with Crippen molar-refractivity contribution in [3.8, 4) is 0 Å². The molecule has 0 spiro atoms. The first-order chi connectivity index (χ1) is 9.80. The maximum atomic E-state index is 11.9. The van der Waals surface area contributed by atoms with Crippen LogP contribution in [-0.2, 0) is 28.7 Å². The SMILES string of the molecule is CCOC(=O)CCC(CCC(=O)OCC)(C(C)=O)C(C)=O. The van der Waals surface area contributed by atoms with E-state index in [1.165, 1.54) is 13.8 Å². The van der Waals surface area contributed by atoms with E-state index in [9.17, 15) is 19.2 Å². The summed E-state index contributed by atoms with van der Waals surface area (Å²) in [5.74, 6) is -1.60. The van der Waals surface area contributed by atoms with Crippen molar-refractivity contribution in [3.05, 3.63) is 0 Å². The highest BCUT2D eigenvalue weighted by molar-refractivity contribution is 6.05. The number of carbonyl (C=O) groups is 4. The van der Waals surface area contributed by atoms with Crippen molar-refractivity contribution < 1.29 is 28.7 Å². The maximum absolute atomic E-state index is 11.9. The van der Waals surface area contributed by atoms with Crippen LogP contribution < -0.4 is 0 Å². The number of hydrogen-bond donors (Lipinski definition) is 0. The first-order valence-electron chi connectivity index (χ1n) is 7.13. The average molecular weight is 300 g/mol. The molecule has 0 aromatic carbocycles. The number of Topliss-reactive ketones (excluding diaryl/α,β-unsaturated/α-hetero) is 2. The Morgan fingerprint density at radius 2 is 1.10 bits per heavy atom. The van der Waals surface area contributed by atoms with Crippen LogP contribution in [0.2, 0.25) is 0 Å². The van der Waals surface area contributed by atoms with Gasteiger partial charge in [-0.15, -0.1) is 0 Å². The highest BCUT2D eigenvalue weighted by Gasteiger charge is 2.40. The summed E-state index contributed by atoms with van der Waals surface area (Å²) in [6.45, 7) is 6.46. The molecule has 0 aromatic rings. The maximum Gasteiger partial charge on any atom is 0.305 e. The number of hydrogen-bond acceptors (Lipinski definition) is 6. The number of ether oxygens (including phenoxy) is 2. The van der Waals surface area contributed by atoms with Gasteiger partial charge in [-0.2, -0.15) is 0 Å². The lowest BCUT2D eigenvalue weighted by molar-refractivity contribution is -0.146. The second-order valence-corrected chi connectivity index (χ2v) is 4.80. The van der Waals surface area contributed by atoms with Crippen LogP contribution in [-0.4, -0.2) is 36.7 Å². The van der Waals surface area contributed by atoms with Gasteiger partial charge in [0.1, 0.15) is 11.6 Å². The van der Waals surface area contributed by atoms with Crippen molar-refractivity contribution in [3.63, 3.8) is 0 Å². The second-order valence-electron chi connectivity index (χ2n) is 4.80. The molecule has 0 radical (unpaired) electrons. The van der Waals surface area contributed by atoms with Gasteiger partial charge in [0.2, 0.25) is 0 Å². The smallest absolute Gasteiger partial charge is 0.305 e. The monoisotopic (exact) mass is 300 g/mol. The fourth-order valence-electron chi connectivity index (χ4n) is 2.17. The number of esters is 2. The molecule has 0 aromatic heterocycles. The van der Waals surface area contributed by atoms with Crippen molar-refractivity contribution in [1.82, 2.24) is 0 Å². The Bertz CT molecular complexity index is 361. The highest BCUT2D eigenvalue weighted by atomic mass is 16.5. The molecule has 0 saturated carbocycles. The van der Waals surface area contributed by atoms with E-state index in [4.69, 9.17) is 9.47 Å². The molecule has 6 heteroatoms. The van der Waals surface area contributed by atoms with E-state index in [0.29, 0.717) is 0 Å². The van der Waals surface area contributed by atoms with Crippen molar-refractivity contribution in [2.45, 2.75) is 53.4 Å². The molecule has 120 valence electrons. The summed E-state index contributed by atoms with van der Waals surface area (Å²) in [4.78, 5) is 46.7. The summed E-state index contributed by atoms with van der Waals surface area (Å²) < 4.78 is 9.62. The van der Waals surface area contributed by atoms with Gasteiger partial charge in [0.25, 0.3) is 0 Å².